The predicted octanol–water partition coefficient (Wildman–Crippen LogP) is 1.83. The summed E-state index contributed by atoms with van der Waals surface area (Å²) in [5.74, 6) is -2.35. The number of rotatable bonds is 6. The molecule has 1 aromatic carbocycles. The summed E-state index contributed by atoms with van der Waals surface area (Å²) in [5.41, 5.74) is -0.687. The number of amides is 2. The first kappa shape index (κ1) is 23.1. The van der Waals surface area contributed by atoms with Crippen molar-refractivity contribution in [1.82, 2.24) is 10.6 Å². The summed E-state index contributed by atoms with van der Waals surface area (Å²) in [6, 6.07) is 5.67. The highest BCUT2D eigenvalue weighted by atomic mass is 16.5. The van der Waals surface area contributed by atoms with Crippen LogP contribution in [0.3, 0.4) is 0 Å². The van der Waals surface area contributed by atoms with E-state index in [1.165, 1.54) is 24.3 Å². The van der Waals surface area contributed by atoms with E-state index in [4.69, 9.17) is 9.47 Å². The van der Waals surface area contributed by atoms with Crippen molar-refractivity contribution < 1.29 is 28.7 Å². The van der Waals surface area contributed by atoms with Crippen LogP contribution in [0.5, 0.6) is 0 Å². The van der Waals surface area contributed by atoms with Gasteiger partial charge in [0.15, 0.2) is 13.2 Å². The molecule has 0 aliphatic rings. The van der Waals surface area contributed by atoms with Gasteiger partial charge in [-0.3, -0.25) is 9.59 Å². The van der Waals surface area contributed by atoms with Crippen molar-refractivity contribution in [2.24, 2.45) is 0 Å². The summed E-state index contributed by atoms with van der Waals surface area (Å²) in [6.45, 7) is 9.99. The highest BCUT2D eigenvalue weighted by Crippen LogP contribution is 2.09. The molecule has 8 nitrogen and oxygen atoms in total. The molecular weight excluding hydrogens is 364 g/mol. The van der Waals surface area contributed by atoms with E-state index in [2.05, 4.69) is 10.6 Å². The van der Waals surface area contributed by atoms with Gasteiger partial charge in [-0.25, -0.2) is 9.59 Å². The fraction of sp³-hybridized carbons (Fsp3) is 0.500. The maximum atomic E-state index is 12.1. The molecule has 0 atom stereocenters. The minimum atomic E-state index is -0.746. The standard InChI is InChI=1S/C20H28N2O6/c1-19(2,3)21-15(23)11-27-17(25)13-8-7-9-14(10-13)18(26)28-12-16(24)22-20(4,5)6/h7-10H,11-12H2,1-6H3,(H,21,23)(H,22,24). The zero-order valence-electron chi connectivity index (χ0n) is 17.2. The molecule has 0 aliphatic carbocycles. The molecule has 28 heavy (non-hydrogen) atoms. The van der Waals surface area contributed by atoms with Crippen molar-refractivity contribution in [2.75, 3.05) is 13.2 Å². The van der Waals surface area contributed by atoms with Gasteiger partial charge in [0.25, 0.3) is 11.8 Å². The topological polar surface area (TPSA) is 111 Å². The van der Waals surface area contributed by atoms with Crippen LogP contribution in [0.2, 0.25) is 0 Å². The Hall–Kier alpha value is -2.90. The average Bonchev–Trinajstić information content (AvgIpc) is 2.54. The minimum absolute atomic E-state index is 0.0946. The number of hydrogen-bond donors (Lipinski definition) is 2. The molecule has 154 valence electrons. The van der Waals surface area contributed by atoms with E-state index < -0.39 is 48.0 Å². The number of hydrogen-bond acceptors (Lipinski definition) is 6. The summed E-state index contributed by atoms with van der Waals surface area (Å²) in [5, 5.41) is 5.34. The summed E-state index contributed by atoms with van der Waals surface area (Å²) >= 11 is 0. The Labute approximate surface area is 165 Å². The van der Waals surface area contributed by atoms with Gasteiger partial charge in [-0.15, -0.1) is 0 Å². The van der Waals surface area contributed by atoms with E-state index in [-0.39, 0.29) is 11.1 Å². The number of carbonyl (C=O) groups is 4. The van der Waals surface area contributed by atoms with E-state index in [9.17, 15) is 19.2 Å². The third kappa shape index (κ3) is 9.16. The molecule has 0 saturated carbocycles. The van der Waals surface area contributed by atoms with Crippen LogP contribution in [0.4, 0.5) is 0 Å². The fourth-order valence-electron chi connectivity index (χ4n) is 2.11. The first-order chi connectivity index (χ1) is 12.8. The van der Waals surface area contributed by atoms with Gasteiger partial charge < -0.3 is 20.1 Å². The highest BCUT2D eigenvalue weighted by molar-refractivity contribution is 5.96. The maximum Gasteiger partial charge on any atom is 0.338 e. The highest BCUT2D eigenvalue weighted by Gasteiger charge is 2.18. The van der Waals surface area contributed by atoms with Gasteiger partial charge in [0.2, 0.25) is 0 Å². The van der Waals surface area contributed by atoms with Crippen molar-refractivity contribution in [1.29, 1.82) is 0 Å². The van der Waals surface area contributed by atoms with Gasteiger partial charge >= 0.3 is 11.9 Å². The summed E-state index contributed by atoms with van der Waals surface area (Å²) in [7, 11) is 0. The van der Waals surface area contributed by atoms with Crippen LogP contribution in [-0.2, 0) is 19.1 Å². The van der Waals surface area contributed by atoms with Crippen molar-refractivity contribution in [2.45, 2.75) is 52.6 Å². The molecule has 2 N–H and O–H groups in total. The molecule has 0 aromatic heterocycles. The molecule has 0 radical (unpaired) electrons. The van der Waals surface area contributed by atoms with Crippen molar-refractivity contribution in [3.8, 4) is 0 Å². The summed E-state index contributed by atoms with van der Waals surface area (Å²) in [6.07, 6.45) is 0. The smallest absolute Gasteiger partial charge is 0.338 e. The first-order valence-corrected chi connectivity index (χ1v) is 8.83. The molecule has 0 saturated heterocycles. The normalized spacial score (nSPS) is 11.4. The lowest BCUT2D eigenvalue weighted by molar-refractivity contribution is -0.126. The lowest BCUT2D eigenvalue weighted by Gasteiger charge is -2.20. The molecule has 1 aromatic rings. The lowest BCUT2D eigenvalue weighted by atomic mass is 10.1. The van der Waals surface area contributed by atoms with Gasteiger partial charge in [-0.2, -0.15) is 0 Å². The molecule has 0 heterocycles. The Morgan fingerprint density at radius 2 is 1.11 bits per heavy atom. The van der Waals surface area contributed by atoms with E-state index >= 15 is 0 Å². The molecule has 2 amide bonds. The summed E-state index contributed by atoms with van der Waals surface area (Å²) in [4.78, 5) is 47.6. The van der Waals surface area contributed by atoms with E-state index in [0.29, 0.717) is 0 Å². The molecule has 0 fully saturated rings. The number of ether oxygens (including phenoxy) is 2. The molecule has 0 bridgehead atoms. The second-order valence-electron chi connectivity index (χ2n) is 8.33. The monoisotopic (exact) mass is 392 g/mol. The van der Waals surface area contributed by atoms with E-state index in [1.54, 1.807) is 0 Å². The Morgan fingerprint density at radius 3 is 1.43 bits per heavy atom. The third-order valence-electron chi connectivity index (χ3n) is 3.03. The van der Waals surface area contributed by atoms with Crippen LogP contribution < -0.4 is 10.6 Å². The molecule has 8 heteroatoms. The van der Waals surface area contributed by atoms with Crippen LogP contribution in [0.25, 0.3) is 0 Å². The SMILES string of the molecule is CC(C)(C)NC(=O)COC(=O)c1cccc(C(=O)OCC(=O)NC(C)(C)C)c1. The number of esters is 2. The quantitative estimate of drug-likeness (QED) is 0.715. The minimum Gasteiger partial charge on any atom is -0.452 e. The first-order valence-electron chi connectivity index (χ1n) is 8.83. The largest absolute Gasteiger partial charge is 0.452 e. The predicted molar refractivity (Wildman–Crippen MR) is 103 cm³/mol. The molecule has 0 aliphatic heterocycles. The lowest BCUT2D eigenvalue weighted by Crippen LogP contribution is -2.42. The third-order valence-corrected chi connectivity index (χ3v) is 3.03. The Balaban J connectivity index is 2.63. The van der Waals surface area contributed by atoms with Crippen molar-refractivity contribution in [3.63, 3.8) is 0 Å². The van der Waals surface area contributed by atoms with Crippen LogP contribution >= 0.6 is 0 Å². The van der Waals surface area contributed by atoms with Crippen LogP contribution in [-0.4, -0.2) is 48.0 Å². The van der Waals surface area contributed by atoms with Crippen molar-refractivity contribution in [3.05, 3.63) is 35.4 Å². The zero-order chi connectivity index (χ0) is 21.5. The van der Waals surface area contributed by atoms with Crippen LogP contribution in [0, 0.1) is 0 Å². The van der Waals surface area contributed by atoms with Gasteiger partial charge in [-0.1, -0.05) is 6.07 Å². The van der Waals surface area contributed by atoms with Gasteiger partial charge in [0.1, 0.15) is 0 Å². The molecular formula is C20H28N2O6. The summed E-state index contributed by atoms with van der Waals surface area (Å²) < 4.78 is 9.91. The van der Waals surface area contributed by atoms with Crippen LogP contribution in [0.15, 0.2) is 24.3 Å². The van der Waals surface area contributed by atoms with Gasteiger partial charge in [0, 0.05) is 11.1 Å². The van der Waals surface area contributed by atoms with Crippen LogP contribution in [0.1, 0.15) is 62.3 Å². The average molecular weight is 392 g/mol. The van der Waals surface area contributed by atoms with Gasteiger partial charge in [0.05, 0.1) is 11.1 Å². The second kappa shape index (κ2) is 9.34. The number of carbonyl (C=O) groups excluding carboxylic acids is 4. The van der Waals surface area contributed by atoms with E-state index in [1.807, 2.05) is 41.5 Å². The Bertz CT molecular complexity index is 685. The van der Waals surface area contributed by atoms with E-state index in [0.717, 1.165) is 0 Å². The molecule has 1 rings (SSSR count). The van der Waals surface area contributed by atoms with Gasteiger partial charge in [-0.05, 0) is 59.7 Å². The molecule has 0 spiro atoms. The van der Waals surface area contributed by atoms with Crippen molar-refractivity contribution >= 4 is 23.8 Å². The Kier molecular flexibility index (Phi) is 7.72. The molecule has 0 unspecified atom stereocenters. The zero-order valence-corrected chi connectivity index (χ0v) is 17.2. The number of benzene rings is 1. The maximum absolute atomic E-state index is 12.1. The fourth-order valence-corrected chi connectivity index (χ4v) is 2.11. The number of nitrogens with one attached hydrogen (secondary N) is 2. The Morgan fingerprint density at radius 1 is 0.750 bits per heavy atom. The second-order valence-corrected chi connectivity index (χ2v) is 8.33.